The molecule has 0 spiro atoms. The van der Waals surface area contributed by atoms with Crippen LogP contribution in [0, 0.1) is 0 Å². The second-order valence-corrected chi connectivity index (χ2v) is 0. The van der Waals surface area contributed by atoms with Gasteiger partial charge in [0, 0.05) is 0 Å². The molecule has 0 aliphatic rings. The molecular weight excluding hydrogens is 3210 g/mol. The second-order valence-electron chi connectivity index (χ2n) is 0. The average Bonchev–Trinajstić information content (AvgIpc) is 0. The standard InChI is InChI=1S/75O.42Ti/q75*-2;42*+4. The van der Waals surface area contributed by atoms with Crippen molar-refractivity contribution in [3.05, 3.63) is 0 Å². The SMILES string of the molecule is [O-2].[O-2].[O-2].[O-2].[O-2].[O-2].[O-2].[O-2].[O-2].[O-2].[O-2].[O-2].[O-2].[O-2].[O-2].[O-2].[O-2].[O-2].[O-2].[O-2].[O-2].[O-2].[O-2].[O-2].[O-2].[O-2].[O-2].[O-2].[O-2].[O-2].[O-2].[O-2].[O-2].[O-2].[O-2].[O-2].[O-2].[O-2].[O-2].[O-2].[O-2].[O-2].[O-2].[O-2].[O-2].[O-2].[O-2].[O-2].[O-2].[O-2].[O-2].[O-2].[O-2].[O-2].[O-2].[O-2].[O-2].[O-2].[O-2].[O-2].[O-2].[O-2].[O-2].[O-2].[O-2].[O-2].[O-2].[O-2].[O-2].[O-2].[O-2].[O-2].[O-2].[O-2].[O-2].[Ti+4].[Ti+4].[Ti+4].[Ti+4].[Ti+4].[Ti+4].[Ti+4].[Ti+4].[Ti+4].[Ti+4].[Ti+4].[Ti+4].[Ti+4].[Ti+4].[Ti+4].[Ti+4].[Ti+4].[Ti+4].[Ti+4].[Ti+4].[Ti+4].[Ti+4].[Ti+4].[Ti+4].[Ti+4].[Ti+4].[Ti+4].[Ti+4].[Ti+4].[Ti+4].[Ti+4].[Ti+4].[Ti+4].[Ti+4].[Ti+4].[Ti+4].[Ti+4].[Ti+4].[Ti+4].[Ti+4].[Ti+4].[Ti+4]. The summed E-state index contributed by atoms with van der Waals surface area (Å²) in [5.74, 6) is 0. The summed E-state index contributed by atoms with van der Waals surface area (Å²) in [6.07, 6.45) is 0. The van der Waals surface area contributed by atoms with Crippen molar-refractivity contribution in [3.63, 3.8) is 0 Å². The minimum Gasteiger partial charge on any atom is -2.00 e. The van der Waals surface area contributed by atoms with Crippen LogP contribution in [0.2, 0.25) is 0 Å². The molecule has 0 saturated carbocycles. The molecule has 0 heterocycles. The van der Waals surface area contributed by atoms with Crippen molar-refractivity contribution < 1.29 is 1320 Å². The first-order valence-electron chi connectivity index (χ1n) is 0. The molecule has 0 aromatic heterocycles. The van der Waals surface area contributed by atoms with E-state index >= 15 is 0 Å². The molecule has 0 saturated heterocycles. The third-order valence-electron chi connectivity index (χ3n) is 0. The van der Waals surface area contributed by atoms with Crippen molar-refractivity contribution in [1.82, 2.24) is 0 Å². The van der Waals surface area contributed by atoms with Gasteiger partial charge in [0.1, 0.15) is 0 Å². The molecule has 0 rings (SSSR count). The third kappa shape index (κ3) is 3900. The number of hydrogen-bond donors (Lipinski definition) is 0. The summed E-state index contributed by atoms with van der Waals surface area (Å²) in [6, 6.07) is 0. The Balaban J connectivity index is 0. The van der Waals surface area contributed by atoms with Crippen molar-refractivity contribution in [3.8, 4) is 0 Å². The summed E-state index contributed by atoms with van der Waals surface area (Å²) < 4.78 is 0. The van der Waals surface area contributed by atoms with Crippen LogP contribution < -0.4 is 0 Å². The predicted molar refractivity (Wildman–Crippen MR) is 51.5 cm³/mol. The first-order chi connectivity index (χ1) is 0. The van der Waals surface area contributed by atoms with Crippen molar-refractivity contribution >= 4 is 0 Å². The molecule has 0 atom stereocenters. The minimum absolute atomic E-state index is 0. The second kappa shape index (κ2) is 3960. The van der Waals surface area contributed by atoms with Gasteiger partial charge in [-0.05, 0) is 0 Å². The van der Waals surface area contributed by atoms with E-state index in [0.29, 0.717) is 0 Å². The Kier molecular flexibility index (Phi) is 137000. The van der Waals surface area contributed by atoms with E-state index in [2.05, 4.69) is 0 Å². The van der Waals surface area contributed by atoms with Crippen LogP contribution in [0.5, 0.6) is 0 Å². The van der Waals surface area contributed by atoms with E-state index in [1.165, 1.54) is 0 Å². The summed E-state index contributed by atoms with van der Waals surface area (Å²) in [4.78, 5) is 0. The van der Waals surface area contributed by atoms with E-state index in [0.717, 1.165) is 0 Å². The molecule has 600 valence electrons. The summed E-state index contributed by atoms with van der Waals surface area (Å²) in [7, 11) is 0. The van der Waals surface area contributed by atoms with Gasteiger partial charge in [-0.15, -0.1) is 0 Å². The molecule has 0 fully saturated rings. The smallest absolute Gasteiger partial charge is 2.00 e. The van der Waals surface area contributed by atoms with Crippen LogP contribution in [0.25, 0.3) is 0 Å². The zero-order chi connectivity index (χ0) is 0. The van der Waals surface area contributed by atoms with Gasteiger partial charge in [0.25, 0.3) is 0 Å². The van der Waals surface area contributed by atoms with E-state index in [1.807, 2.05) is 0 Å². The summed E-state index contributed by atoms with van der Waals surface area (Å²) >= 11 is 0. The van der Waals surface area contributed by atoms with Crippen LogP contribution in [-0.4, -0.2) is 0 Å². The van der Waals surface area contributed by atoms with Crippen LogP contribution in [0.4, 0.5) is 0 Å². The molecule has 0 bridgehead atoms. The third-order valence-corrected chi connectivity index (χ3v) is 0. The Labute approximate surface area is 1290 Å². The molecule has 0 unspecified atom stereocenters. The zero-order valence-corrected chi connectivity index (χ0v) is 117. The molecule has 0 N–H and O–H groups in total. The van der Waals surface area contributed by atoms with Crippen LogP contribution >= 0.6 is 0 Å². The normalized spacial score (nSPS) is 0. The van der Waals surface area contributed by atoms with Gasteiger partial charge in [-0.2, -0.15) is 0 Å². The largest absolute Gasteiger partial charge is 4.00 e. The van der Waals surface area contributed by atoms with E-state index in [-0.39, 0.29) is 1320 Å². The van der Waals surface area contributed by atoms with Crippen molar-refractivity contribution in [2.45, 2.75) is 0 Å². The summed E-state index contributed by atoms with van der Waals surface area (Å²) in [5, 5.41) is 0. The topological polar surface area (TPSA) is 2140 Å². The van der Waals surface area contributed by atoms with E-state index in [4.69, 9.17) is 0 Å². The fourth-order valence-corrected chi connectivity index (χ4v) is 0. The van der Waals surface area contributed by atoms with Crippen LogP contribution in [0.15, 0.2) is 0 Å². The van der Waals surface area contributed by atoms with E-state index < -0.39 is 0 Å². The fourth-order valence-electron chi connectivity index (χ4n) is 0. The quantitative estimate of drug-likeness (QED) is 0.204. The molecule has 0 aliphatic heterocycles. The molecular formula is O75Ti42+18. The first-order valence-corrected chi connectivity index (χ1v) is 0. The van der Waals surface area contributed by atoms with Crippen LogP contribution in [0.1, 0.15) is 0 Å². The van der Waals surface area contributed by atoms with Gasteiger partial charge in [-0.3, -0.25) is 0 Å². The number of hydrogen-bond acceptors (Lipinski definition) is 0. The Bertz CT molecular complexity index is 110. The molecule has 75 nitrogen and oxygen atoms in total. The van der Waals surface area contributed by atoms with Crippen LogP contribution in [0.3, 0.4) is 0 Å². The molecule has 0 amide bonds. The Morgan fingerprint density at radius 1 is 0.0171 bits per heavy atom. The maximum atomic E-state index is 0. The van der Waals surface area contributed by atoms with Gasteiger partial charge < -0.3 is 411 Å². The van der Waals surface area contributed by atoms with Crippen molar-refractivity contribution in [1.29, 1.82) is 0 Å². The zero-order valence-electron chi connectivity index (χ0n) is 51.6. The Morgan fingerprint density at radius 3 is 0.0171 bits per heavy atom. The summed E-state index contributed by atoms with van der Waals surface area (Å²) in [5.41, 5.74) is 0. The summed E-state index contributed by atoms with van der Waals surface area (Å²) in [6.45, 7) is 0. The van der Waals surface area contributed by atoms with E-state index in [1.54, 1.807) is 0 Å². The first kappa shape index (κ1) is 4040. The molecule has 0 radical (unpaired) electrons. The molecule has 0 aromatic carbocycles. The predicted octanol–water partition coefficient (Wildman–Crippen LogP) is -9.01. The monoisotopic (exact) mass is 3210 g/mol. The average molecular weight is 3210 g/mol. The van der Waals surface area contributed by atoms with E-state index in [9.17, 15) is 0 Å². The van der Waals surface area contributed by atoms with Crippen molar-refractivity contribution in [2.75, 3.05) is 0 Å². The molecule has 117 heteroatoms. The maximum Gasteiger partial charge on any atom is 4.00 e. The minimum atomic E-state index is 0. The van der Waals surface area contributed by atoms with Crippen LogP contribution in [-0.2, 0) is 1320 Å². The Hall–Kier alpha value is 27.0. The van der Waals surface area contributed by atoms with Gasteiger partial charge in [0.2, 0.25) is 0 Å². The molecule has 0 aromatic rings. The maximum absolute atomic E-state index is 0. The molecule has 117 heavy (non-hydrogen) atoms. The number of rotatable bonds is 0. The van der Waals surface area contributed by atoms with Gasteiger partial charge >= 0.3 is 912 Å². The molecule has 0 aliphatic carbocycles. The van der Waals surface area contributed by atoms with Gasteiger partial charge in [0.05, 0.1) is 0 Å². The fraction of sp³-hybridized carbons (Fsp3) is 0. The van der Waals surface area contributed by atoms with Crippen molar-refractivity contribution in [2.24, 2.45) is 0 Å². The Morgan fingerprint density at radius 2 is 0.0171 bits per heavy atom. The van der Waals surface area contributed by atoms with Gasteiger partial charge in [-0.1, -0.05) is 0 Å². The van der Waals surface area contributed by atoms with Gasteiger partial charge in [0.15, 0.2) is 0 Å². The van der Waals surface area contributed by atoms with Gasteiger partial charge in [-0.25, -0.2) is 0 Å².